The van der Waals surface area contributed by atoms with Gasteiger partial charge in [0, 0.05) is 57.3 Å². The minimum absolute atomic E-state index is 0.000657. The van der Waals surface area contributed by atoms with Gasteiger partial charge < -0.3 is 24.4 Å². The summed E-state index contributed by atoms with van der Waals surface area (Å²) < 4.78 is 7.45. The van der Waals surface area contributed by atoms with Crippen LogP contribution in [0.15, 0.2) is 60.7 Å². The van der Waals surface area contributed by atoms with E-state index < -0.39 is 0 Å². The third kappa shape index (κ3) is 4.90. The number of amides is 2. The average molecular weight is 501 g/mol. The fourth-order valence-electron chi connectivity index (χ4n) is 6.44. The van der Waals surface area contributed by atoms with E-state index in [9.17, 15) is 9.59 Å². The molecule has 3 aromatic rings. The largest absolute Gasteiger partial charge is 0.381 e. The number of carbonyl (C=O) groups excluding carboxylic acids is 2. The number of likely N-dealkylation sites (tertiary alicyclic amines) is 2. The van der Waals surface area contributed by atoms with Crippen LogP contribution < -0.4 is 5.32 Å². The van der Waals surface area contributed by atoms with Crippen LogP contribution in [0.4, 0.5) is 0 Å². The van der Waals surface area contributed by atoms with Crippen molar-refractivity contribution in [3.05, 3.63) is 71.9 Å². The molecule has 3 aliphatic heterocycles. The van der Waals surface area contributed by atoms with Crippen molar-refractivity contribution in [2.24, 2.45) is 24.8 Å². The minimum Gasteiger partial charge on any atom is -0.381 e. The number of benzene rings is 2. The molecule has 0 radical (unpaired) electrons. The highest BCUT2D eigenvalue weighted by Crippen LogP contribution is 2.33. The molecule has 3 aliphatic rings. The van der Waals surface area contributed by atoms with Crippen LogP contribution in [0.25, 0.3) is 10.9 Å². The van der Waals surface area contributed by atoms with Gasteiger partial charge in [-0.15, -0.1) is 0 Å². The van der Waals surface area contributed by atoms with Crippen molar-refractivity contribution < 1.29 is 14.3 Å². The third-order valence-corrected chi connectivity index (χ3v) is 8.57. The molecule has 37 heavy (non-hydrogen) atoms. The Kier molecular flexibility index (Phi) is 6.74. The number of ether oxygens (including phenoxy) is 1. The summed E-state index contributed by atoms with van der Waals surface area (Å²) in [5.41, 5.74) is 3.02. The number of aromatic nitrogens is 1. The summed E-state index contributed by atoms with van der Waals surface area (Å²) >= 11 is 0. The van der Waals surface area contributed by atoms with Crippen molar-refractivity contribution in [1.82, 2.24) is 19.7 Å². The molecule has 3 unspecified atom stereocenters. The monoisotopic (exact) mass is 500 g/mol. The van der Waals surface area contributed by atoms with E-state index in [0.29, 0.717) is 25.0 Å². The van der Waals surface area contributed by atoms with Gasteiger partial charge in [0.15, 0.2) is 0 Å². The maximum Gasteiger partial charge on any atom is 0.270 e. The number of nitrogens with zero attached hydrogens (tertiary/aromatic N) is 3. The Hall–Kier alpha value is -3.16. The molecule has 2 amide bonds. The summed E-state index contributed by atoms with van der Waals surface area (Å²) in [4.78, 5) is 30.8. The standard InChI is InChI=1S/C30H36N4O3/c1-32-27-10-6-5-9-22(27)15-28(32)30(36)34-18-24-16-33(17-25(24)19-34)13-11-26(21-7-3-2-4-8-21)31-29(35)23-12-14-37-20-23/h2-10,15,23-26H,11-14,16-20H2,1H3,(H,31,35)/t23?,24-,25?,26?/m0/s1. The van der Waals surface area contributed by atoms with Crippen molar-refractivity contribution in [3.8, 4) is 0 Å². The number of fused-ring (bicyclic) bond motifs is 2. The van der Waals surface area contributed by atoms with Crippen LogP contribution in [-0.4, -0.2) is 72.1 Å². The van der Waals surface area contributed by atoms with E-state index in [2.05, 4.69) is 39.4 Å². The maximum atomic E-state index is 13.4. The third-order valence-electron chi connectivity index (χ3n) is 8.57. The summed E-state index contributed by atoms with van der Waals surface area (Å²) in [5.74, 6) is 1.23. The highest BCUT2D eigenvalue weighted by atomic mass is 16.5. The number of para-hydroxylation sites is 1. The van der Waals surface area contributed by atoms with Gasteiger partial charge in [0.1, 0.15) is 5.69 Å². The Balaban J connectivity index is 1.05. The van der Waals surface area contributed by atoms with Crippen molar-refractivity contribution in [2.45, 2.75) is 18.9 Å². The summed E-state index contributed by atoms with van der Waals surface area (Å²) in [6.07, 6.45) is 1.68. The number of hydrogen-bond acceptors (Lipinski definition) is 4. The molecule has 1 aromatic heterocycles. The van der Waals surface area contributed by atoms with Gasteiger partial charge in [0.25, 0.3) is 5.91 Å². The maximum absolute atomic E-state index is 13.4. The number of carbonyl (C=O) groups is 2. The number of hydrogen-bond donors (Lipinski definition) is 1. The molecule has 2 aromatic carbocycles. The SMILES string of the molecule is Cn1c(C(=O)N2CC3CN(CCC(NC(=O)C4CCOC4)c4ccccc4)C[C@H]3C2)cc2ccccc21. The van der Waals surface area contributed by atoms with E-state index in [-0.39, 0.29) is 23.8 Å². The van der Waals surface area contributed by atoms with Crippen LogP contribution in [0.2, 0.25) is 0 Å². The number of aryl methyl sites for hydroxylation is 1. The highest BCUT2D eigenvalue weighted by Gasteiger charge is 2.42. The van der Waals surface area contributed by atoms with Crippen LogP contribution in [0.5, 0.6) is 0 Å². The molecule has 0 saturated carbocycles. The minimum atomic E-state index is -0.0392. The zero-order chi connectivity index (χ0) is 25.4. The second-order valence-electron chi connectivity index (χ2n) is 11.0. The average Bonchev–Trinajstić information content (AvgIpc) is 3.71. The van der Waals surface area contributed by atoms with Gasteiger partial charge in [-0.3, -0.25) is 9.59 Å². The summed E-state index contributed by atoms with van der Waals surface area (Å²) in [6, 6.07) is 20.5. The first-order valence-electron chi connectivity index (χ1n) is 13.6. The first-order valence-corrected chi connectivity index (χ1v) is 13.6. The lowest BCUT2D eigenvalue weighted by atomic mass is 10.0. The molecular weight excluding hydrogens is 464 g/mol. The molecule has 6 rings (SSSR count). The molecule has 4 atom stereocenters. The van der Waals surface area contributed by atoms with Crippen molar-refractivity contribution >= 4 is 22.7 Å². The lowest BCUT2D eigenvalue weighted by molar-refractivity contribution is -0.125. The lowest BCUT2D eigenvalue weighted by Gasteiger charge is -2.25. The van der Waals surface area contributed by atoms with Gasteiger partial charge >= 0.3 is 0 Å². The molecule has 194 valence electrons. The highest BCUT2D eigenvalue weighted by molar-refractivity contribution is 5.98. The topological polar surface area (TPSA) is 66.8 Å². The normalized spacial score (nSPS) is 24.5. The van der Waals surface area contributed by atoms with E-state index in [1.54, 1.807) is 0 Å². The van der Waals surface area contributed by atoms with E-state index in [1.807, 2.05) is 48.0 Å². The number of rotatable bonds is 7. The molecule has 3 saturated heterocycles. The molecule has 0 aliphatic carbocycles. The molecular formula is C30H36N4O3. The van der Waals surface area contributed by atoms with Gasteiger partial charge in [-0.1, -0.05) is 48.5 Å². The Morgan fingerprint density at radius 2 is 1.73 bits per heavy atom. The Morgan fingerprint density at radius 1 is 1.00 bits per heavy atom. The predicted molar refractivity (Wildman–Crippen MR) is 143 cm³/mol. The Bertz CT molecular complexity index is 1250. The first-order chi connectivity index (χ1) is 18.1. The van der Waals surface area contributed by atoms with E-state index >= 15 is 0 Å². The quantitative estimate of drug-likeness (QED) is 0.540. The zero-order valence-corrected chi connectivity index (χ0v) is 21.5. The van der Waals surface area contributed by atoms with Crippen LogP contribution in [0.3, 0.4) is 0 Å². The van der Waals surface area contributed by atoms with E-state index in [4.69, 9.17) is 4.74 Å². The number of nitrogens with one attached hydrogen (secondary N) is 1. The van der Waals surface area contributed by atoms with Crippen molar-refractivity contribution in [2.75, 3.05) is 45.9 Å². The smallest absolute Gasteiger partial charge is 0.270 e. The summed E-state index contributed by atoms with van der Waals surface area (Å²) in [6.45, 7) is 5.79. The van der Waals surface area contributed by atoms with Crippen molar-refractivity contribution in [3.63, 3.8) is 0 Å². The van der Waals surface area contributed by atoms with Gasteiger partial charge in [0.05, 0.1) is 18.6 Å². The van der Waals surface area contributed by atoms with E-state index in [1.165, 1.54) is 0 Å². The van der Waals surface area contributed by atoms with Gasteiger partial charge in [0.2, 0.25) is 5.91 Å². The Morgan fingerprint density at radius 3 is 2.43 bits per heavy atom. The van der Waals surface area contributed by atoms with Gasteiger partial charge in [-0.2, -0.15) is 0 Å². The molecule has 0 bridgehead atoms. The molecule has 4 heterocycles. The van der Waals surface area contributed by atoms with Gasteiger partial charge in [-0.25, -0.2) is 0 Å². The predicted octanol–water partition coefficient (Wildman–Crippen LogP) is 3.47. The van der Waals surface area contributed by atoms with E-state index in [0.717, 1.165) is 67.7 Å². The fraction of sp³-hybridized carbons (Fsp3) is 0.467. The second kappa shape index (κ2) is 10.3. The molecule has 0 spiro atoms. The second-order valence-corrected chi connectivity index (χ2v) is 11.0. The van der Waals surface area contributed by atoms with Crippen LogP contribution in [-0.2, 0) is 16.6 Å². The Labute approximate surface area is 218 Å². The molecule has 3 fully saturated rings. The molecule has 7 heteroatoms. The lowest BCUT2D eigenvalue weighted by Crippen LogP contribution is -2.37. The van der Waals surface area contributed by atoms with Crippen LogP contribution in [0.1, 0.15) is 34.9 Å². The zero-order valence-electron chi connectivity index (χ0n) is 21.5. The summed E-state index contributed by atoms with van der Waals surface area (Å²) in [5, 5.41) is 4.42. The summed E-state index contributed by atoms with van der Waals surface area (Å²) in [7, 11) is 1.98. The molecule has 7 nitrogen and oxygen atoms in total. The molecule has 1 N–H and O–H groups in total. The van der Waals surface area contributed by atoms with Gasteiger partial charge in [-0.05, 0) is 42.4 Å². The van der Waals surface area contributed by atoms with Crippen LogP contribution >= 0.6 is 0 Å². The van der Waals surface area contributed by atoms with Crippen molar-refractivity contribution in [1.29, 1.82) is 0 Å². The first kappa shape index (κ1) is 24.2. The van der Waals surface area contributed by atoms with Crippen LogP contribution in [0, 0.1) is 17.8 Å². The fourth-order valence-corrected chi connectivity index (χ4v) is 6.44.